The lowest BCUT2D eigenvalue weighted by Crippen LogP contribution is -2.64. The number of fused-ring (bicyclic) bond motifs is 1. The van der Waals surface area contributed by atoms with Gasteiger partial charge in [0.25, 0.3) is 0 Å². The van der Waals surface area contributed by atoms with E-state index in [4.69, 9.17) is 4.84 Å². The van der Waals surface area contributed by atoms with E-state index in [1.165, 1.54) is 4.90 Å². The van der Waals surface area contributed by atoms with Crippen LogP contribution in [0.15, 0.2) is 0 Å². The molecule has 2 aliphatic carbocycles. The highest BCUT2D eigenvalue weighted by atomic mass is 32.2. The van der Waals surface area contributed by atoms with E-state index < -0.39 is 21.2 Å². The fraction of sp³-hybridized carbons (Fsp3) is 0.889. The number of imide groups is 1. The normalized spacial score (nSPS) is 37.9. The quantitative estimate of drug-likeness (QED) is 0.681. The van der Waals surface area contributed by atoms with Gasteiger partial charge < -0.3 is 4.90 Å². The minimum atomic E-state index is -3.49. The Labute approximate surface area is 166 Å². The molecule has 4 fully saturated rings. The van der Waals surface area contributed by atoms with Crippen LogP contribution >= 0.6 is 0 Å². The Balaban J connectivity index is 1.49. The highest BCUT2D eigenvalue weighted by molar-refractivity contribution is 7.90. The maximum absolute atomic E-state index is 13.1. The van der Waals surface area contributed by atoms with Crippen molar-refractivity contribution >= 4 is 22.0 Å². The minimum Gasteiger partial charge on any atom is -0.324 e. The van der Waals surface area contributed by atoms with Gasteiger partial charge in [0, 0.05) is 25.2 Å². The summed E-state index contributed by atoms with van der Waals surface area (Å²) in [4.78, 5) is 34.1. The van der Waals surface area contributed by atoms with E-state index in [-0.39, 0.29) is 48.6 Å². The number of nitrogens with zero attached hydrogens (tertiary/aromatic N) is 2. The van der Waals surface area contributed by atoms with Gasteiger partial charge in [-0.25, -0.2) is 17.9 Å². The van der Waals surface area contributed by atoms with Crippen LogP contribution in [0.3, 0.4) is 0 Å². The van der Waals surface area contributed by atoms with Gasteiger partial charge in [-0.1, -0.05) is 0 Å². The molecule has 0 aromatic heterocycles. The lowest BCUT2D eigenvalue weighted by Gasteiger charge is -2.47. The Morgan fingerprint density at radius 1 is 1.25 bits per heavy atom. The molecule has 158 valence electrons. The third-order valence-corrected chi connectivity index (χ3v) is 8.74. The Morgan fingerprint density at radius 2 is 1.96 bits per heavy atom. The fourth-order valence-electron chi connectivity index (χ4n) is 4.68. The molecule has 4 aliphatic rings. The standard InChI is InChI=1S/C18H30N4O5S/c1-11-8-12(19-27-11)10-22-16(23)14-9-13(4-5-15(14)21(3)17(22)24)28(25,26)20-18(2)6-7-18/h11-15,19-20H,4-10H2,1-3H3. The first-order valence-corrected chi connectivity index (χ1v) is 11.7. The Hall–Kier alpha value is -1.23. The molecule has 2 aliphatic heterocycles. The van der Waals surface area contributed by atoms with E-state index in [0.717, 1.165) is 12.8 Å². The van der Waals surface area contributed by atoms with Crippen LogP contribution in [0, 0.1) is 5.92 Å². The number of sulfonamides is 1. The second-order valence-electron chi connectivity index (χ2n) is 9.14. The van der Waals surface area contributed by atoms with Crippen LogP contribution in [0.1, 0.15) is 52.4 Å². The summed E-state index contributed by atoms with van der Waals surface area (Å²) in [5, 5.41) is -0.591. The number of hydrogen-bond acceptors (Lipinski definition) is 6. The van der Waals surface area contributed by atoms with Crippen molar-refractivity contribution in [3.63, 3.8) is 0 Å². The molecule has 0 aromatic rings. The molecule has 0 aromatic carbocycles. The van der Waals surface area contributed by atoms with Crippen LogP contribution in [0.5, 0.6) is 0 Å². The summed E-state index contributed by atoms with van der Waals surface area (Å²) in [5.74, 6) is -0.739. The van der Waals surface area contributed by atoms with Gasteiger partial charge in [0.2, 0.25) is 15.9 Å². The second kappa shape index (κ2) is 6.93. The van der Waals surface area contributed by atoms with Crippen molar-refractivity contribution in [2.24, 2.45) is 5.92 Å². The van der Waals surface area contributed by atoms with Crippen LogP contribution in [0.25, 0.3) is 0 Å². The molecule has 10 heteroatoms. The maximum atomic E-state index is 13.1. The van der Waals surface area contributed by atoms with Gasteiger partial charge in [0.15, 0.2) is 0 Å². The van der Waals surface area contributed by atoms with Gasteiger partial charge in [-0.2, -0.15) is 5.48 Å². The molecule has 28 heavy (non-hydrogen) atoms. The third-order valence-electron chi connectivity index (χ3n) is 6.66. The molecule has 0 spiro atoms. The number of carbonyl (C=O) groups excluding carboxylic acids is 2. The van der Waals surface area contributed by atoms with Gasteiger partial charge in [0.1, 0.15) is 0 Å². The lowest BCUT2D eigenvalue weighted by atomic mass is 9.81. The molecule has 2 saturated heterocycles. The summed E-state index contributed by atoms with van der Waals surface area (Å²) in [6.07, 6.45) is 3.70. The number of hydroxylamine groups is 1. The molecule has 3 amide bonds. The molecule has 5 unspecified atom stereocenters. The van der Waals surface area contributed by atoms with E-state index in [2.05, 4.69) is 10.2 Å². The van der Waals surface area contributed by atoms with Crippen LogP contribution < -0.4 is 10.2 Å². The predicted octanol–water partition coefficient (Wildman–Crippen LogP) is 0.572. The van der Waals surface area contributed by atoms with Crippen LogP contribution in [0.2, 0.25) is 0 Å². The second-order valence-corrected chi connectivity index (χ2v) is 11.1. The summed E-state index contributed by atoms with van der Waals surface area (Å²) in [6.45, 7) is 4.08. The summed E-state index contributed by atoms with van der Waals surface area (Å²) < 4.78 is 28.5. The van der Waals surface area contributed by atoms with Crippen LogP contribution in [-0.2, 0) is 19.7 Å². The zero-order valence-corrected chi connectivity index (χ0v) is 17.5. The molecule has 2 N–H and O–H groups in total. The lowest BCUT2D eigenvalue weighted by molar-refractivity contribution is -0.140. The average Bonchev–Trinajstić information content (AvgIpc) is 3.20. The number of urea groups is 1. The number of nitrogens with one attached hydrogen (secondary N) is 2. The van der Waals surface area contributed by atoms with Gasteiger partial charge in [-0.3, -0.25) is 14.5 Å². The highest BCUT2D eigenvalue weighted by Crippen LogP contribution is 2.39. The number of hydrogen-bond donors (Lipinski definition) is 2. The Morgan fingerprint density at radius 3 is 2.57 bits per heavy atom. The average molecular weight is 415 g/mol. The highest BCUT2D eigenvalue weighted by Gasteiger charge is 2.51. The van der Waals surface area contributed by atoms with Crippen molar-refractivity contribution in [3.8, 4) is 0 Å². The van der Waals surface area contributed by atoms with Gasteiger partial charge >= 0.3 is 6.03 Å². The van der Waals surface area contributed by atoms with Crippen molar-refractivity contribution in [1.82, 2.24) is 20.0 Å². The zero-order chi connectivity index (χ0) is 20.3. The topological polar surface area (TPSA) is 108 Å². The molecule has 4 rings (SSSR count). The SMILES string of the molecule is CC1CC(CN2C(=O)C3CC(S(=O)(=O)NC4(C)CC4)CCC3N(C)C2=O)NO1. The molecule has 5 atom stereocenters. The summed E-state index contributed by atoms with van der Waals surface area (Å²) in [6, 6.07) is -0.643. The van der Waals surface area contributed by atoms with Gasteiger partial charge in [0.05, 0.1) is 23.3 Å². The van der Waals surface area contributed by atoms with E-state index in [9.17, 15) is 18.0 Å². The molecule has 2 saturated carbocycles. The van der Waals surface area contributed by atoms with Crippen molar-refractivity contribution < 1.29 is 22.8 Å². The van der Waals surface area contributed by atoms with Crippen molar-refractivity contribution in [3.05, 3.63) is 0 Å². The first-order chi connectivity index (χ1) is 13.1. The number of amides is 3. The van der Waals surface area contributed by atoms with Gasteiger partial charge in [-0.15, -0.1) is 0 Å². The first kappa shape index (κ1) is 20.1. The molecule has 0 bridgehead atoms. The van der Waals surface area contributed by atoms with E-state index in [1.807, 2.05) is 13.8 Å². The van der Waals surface area contributed by atoms with Gasteiger partial charge in [-0.05, 0) is 52.4 Å². The third kappa shape index (κ3) is 3.67. The molecule has 9 nitrogen and oxygen atoms in total. The van der Waals surface area contributed by atoms with Crippen molar-refractivity contribution in [2.45, 2.75) is 81.3 Å². The smallest absolute Gasteiger partial charge is 0.324 e. The van der Waals surface area contributed by atoms with Crippen LogP contribution in [-0.4, -0.2) is 72.7 Å². The van der Waals surface area contributed by atoms with Crippen molar-refractivity contribution in [2.75, 3.05) is 13.6 Å². The zero-order valence-electron chi connectivity index (χ0n) is 16.7. The Bertz CT molecular complexity index is 768. The Kier molecular flexibility index (Phi) is 4.96. The first-order valence-electron chi connectivity index (χ1n) is 10.1. The van der Waals surface area contributed by atoms with E-state index >= 15 is 0 Å². The molecule has 2 heterocycles. The summed E-state index contributed by atoms with van der Waals surface area (Å²) in [5.41, 5.74) is 2.55. The van der Waals surface area contributed by atoms with E-state index in [1.54, 1.807) is 11.9 Å². The molecular weight excluding hydrogens is 384 g/mol. The summed E-state index contributed by atoms with van der Waals surface area (Å²) >= 11 is 0. The largest absolute Gasteiger partial charge is 0.326 e. The molecular formula is C18H30N4O5S. The predicted molar refractivity (Wildman–Crippen MR) is 102 cm³/mol. The molecule has 0 radical (unpaired) electrons. The number of rotatable bonds is 5. The summed E-state index contributed by atoms with van der Waals surface area (Å²) in [7, 11) is -1.78. The van der Waals surface area contributed by atoms with Crippen LogP contribution in [0.4, 0.5) is 4.79 Å². The minimum absolute atomic E-state index is 0.0320. The van der Waals surface area contributed by atoms with Crippen molar-refractivity contribution in [1.29, 1.82) is 0 Å². The number of carbonyl (C=O) groups is 2. The monoisotopic (exact) mass is 414 g/mol. The maximum Gasteiger partial charge on any atom is 0.326 e. The van der Waals surface area contributed by atoms with E-state index in [0.29, 0.717) is 19.3 Å². The fourth-order valence-corrected chi connectivity index (χ4v) is 6.64.